The molecule has 1 aliphatic heterocycles. The number of rotatable bonds is 4. The lowest BCUT2D eigenvalue weighted by Gasteiger charge is -2.27. The lowest BCUT2D eigenvalue weighted by Crippen LogP contribution is -2.51. The van der Waals surface area contributed by atoms with Gasteiger partial charge < -0.3 is 21.7 Å². The van der Waals surface area contributed by atoms with E-state index in [2.05, 4.69) is 22.9 Å². The molecule has 0 aromatic carbocycles. The molecule has 1 heterocycles. The fourth-order valence-corrected chi connectivity index (χ4v) is 1.84. The summed E-state index contributed by atoms with van der Waals surface area (Å²) in [6.07, 6.45) is 3.07. The van der Waals surface area contributed by atoms with Crippen molar-refractivity contribution in [3.8, 4) is 0 Å². The number of nitrogens with one attached hydrogen (secondary N) is 3. The summed E-state index contributed by atoms with van der Waals surface area (Å²) < 4.78 is 0. The first kappa shape index (κ1) is 12.8. The van der Waals surface area contributed by atoms with E-state index in [-0.39, 0.29) is 11.9 Å². The Kier molecular flexibility index (Phi) is 5.04. The molecule has 92 valence electrons. The Morgan fingerprint density at radius 1 is 1.31 bits per heavy atom. The highest BCUT2D eigenvalue weighted by Gasteiger charge is 2.23. The van der Waals surface area contributed by atoms with Gasteiger partial charge in [0, 0.05) is 19.1 Å². The van der Waals surface area contributed by atoms with Gasteiger partial charge in [-0.25, -0.2) is 4.79 Å². The van der Waals surface area contributed by atoms with Crippen molar-refractivity contribution in [2.75, 3.05) is 13.1 Å². The molecule has 0 spiro atoms. The number of nitrogens with two attached hydrogens (primary N) is 1. The SMILES string of the molecule is CC1CCCC(C(=O)NCCNC(N)=O)N1. The zero-order chi connectivity index (χ0) is 12.0. The first-order valence-corrected chi connectivity index (χ1v) is 5.66. The Hall–Kier alpha value is -1.30. The van der Waals surface area contributed by atoms with E-state index in [4.69, 9.17) is 5.73 Å². The van der Waals surface area contributed by atoms with E-state index in [0.29, 0.717) is 19.1 Å². The molecule has 3 amide bonds. The third kappa shape index (κ3) is 4.48. The molecule has 0 saturated carbocycles. The van der Waals surface area contributed by atoms with Crippen LogP contribution in [0.2, 0.25) is 0 Å². The van der Waals surface area contributed by atoms with Crippen LogP contribution in [0.3, 0.4) is 0 Å². The zero-order valence-electron chi connectivity index (χ0n) is 9.58. The third-order valence-corrected chi connectivity index (χ3v) is 2.66. The van der Waals surface area contributed by atoms with Crippen molar-refractivity contribution in [3.05, 3.63) is 0 Å². The number of carbonyl (C=O) groups is 2. The Morgan fingerprint density at radius 2 is 2.00 bits per heavy atom. The van der Waals surface area contributed by atoms with Crippen LogP contribution < -0.4 is 21.7 Å². The summed E-state index contributed by atoms with van der Waals surface area (Å²) in [4.78, 5) is 22.0. The average Bonchev–Trinajstić information content (AvgIpc) is 2.24. The normalized spacial score (nSPS) is 24.8. The summed E-state index contributed by atoms with van der Waals surface area (Å²) in [6.45, 7) is 2.85. The monoisotopic (exact) mass is 228 g/mol. The van der Waals surface area contributed by atoms with Crippen LogP contribution in [0.5, 0.6) is 0 Å². The fraction of sp³-hybridized carbons (Fsp3) is 0.800. The second-order valence-corrected chi connectivity index (χ2v) is 4.13. The lowest BCUT2D eigenvalue weighted by molar-refractivity contribution is -0.123. The minimum Gasteiger partial charge on any atom is -0.353 e. The molecule has 6 heteroatoms. The summed E-state index contributed by atoms with van der Waals surface area (Å²) in [5.74, 6) is -0.00202. The first-order chi connectivity index (χ1) is 7.59. The predicted octanol–water partition coefficient (Wildman–Crippen LogP) is -0.698. The number of hydrogen-bond acceptors (Lipinski definition) is 3. The van der Waals surface area contributed by atoms with Crippen LogP contribution in [0, 0.1) is 0 Å². The summed E-state index contributed by atoms with van der Waals surface area (Å²) in [7, 11) is 0. The van der Waals surface area contributed by atoms with Crippen molar-refractivity contribution < 1.29 is 9.59 Å². The van der Waals surface area contributed by atoms with E-state index >= 15 is 0 Å². The van der Waals surface area contributed by atoms with Crippen LogP contribution in [-0.4, -0.2) is 37.1 Å². The van der Waals surface area contributed by atoms with Gasteiger partial charge in [-0.3, -0.25) is 4.79 Å². The van der Waals surface area contributed by atoms with Gasteiger partial charge in [-0.15, -0.1) is 0 Å². The standard InChI is InChI=1S/C10H20N4O2/c1-7-3-2-4-8(14-7)9(15)12-5-6-13-10(11)16/h7-8,14H,2-6H2,1H3,(H,12,15)(H3,11,13,16). The molecule has 0 aliphatic carbocycles. The highest BCUT2D eigenvalue weighted by molar-refractivity contribution is 5.81. The molecule has 5 N–H and O–H groups in total. The number of primary amides is 1. The molecule has 1 fully saturated rings. The minimum absolute atomic E-state index is 0.00202. The van der Waals surface area contributed by atoms with Crippen molar-refractivity contribution >= 4 is 11.9 Å². The topological polar surface area (TPSA) is 96.2 Å². The molecular formula is C10H20N4O2. The maximum absolute atomic E-state index is 11.7. The lowest BCUT2D eigenvalue weighted by atomic mass is 9.99. The van der Waals surface area contributed by atoms with Gasteiger partial charge in [0.15, 0.2) is 0 Å². The Balaban J connectivity index is 2.16. The Morgan fingerprint density at radius 3 is 2.62 bits per heavy atom. The summed E-state index contributed by atoms with van der Waals surface area (Å²) in [5.41, 5.74) is 4.90. The molecule has 6 nitrogen and oxygen atoms in total. The van der Waals surface area contributed by atoms with Crippen molar-refractivity contribution in [2.45, 2.75) is 38.3 Å². The number of urea groups is 1. The number of hydrogen-bond donors (Lipinski definition) is 4. The molecule has 0 aromatic rings. The third-order valence-electron chi connectivity index (χ3n) is 2.66. The van der Waals surface area contributed by atoms with Gasteiger partial charge in [0.2, 0.25) is 5.91 Å². The first-order valence-electron chi connectivity index (χ1n) is 5.66. The molecule has 2 unspecified atom stereocenters. The minimum atomic E-state index is -0.571. The van der Waals surface area contributed by atoms with Crippen molar-refractivity contribution in [1.29, 1.82) is 0 Å². The van der Waals surface area contributed by atoms with Gasteiger partial charge in [0.1, 0.15) is 0 Å². The van der Waals surface area contributed by atoms with E-state index in [0.717, 1.165) is 19.3 Å². The fourth-order valence-electron chi connectivity index (χ4n) is 1.84. The molecule has 1 rings (SSSR count). The number of piperidine rings is 1. The predicted molar refractivity (Wildman–Crippen MR) is 60.8 cm³/mol. The number of carbonyl (C=O) groups excluding carboxylic acids is 2. The Bertz CT molecular complexity index is 257. The van der Waals surface area contributed by atoms with E-state index in [1.807, 2.05) is 0 Å². The van der Waals surface area contributed by atoms with Gasteiger partial charge in [0.25, 0.3) is 0 Å². The van der Waals surface area contributed by atoms with Gasteiger partial charge in [-0.05, 0) is 26.2 Å². The molecule has 0 radical (unpaired) electrons. The second-order valence-electron chi connectivity index (χ2n) is 4.13. The summed E-state index contributed by atoms with van der Waals surface area (Å²) in [5, 5.41) is 8.41. The van der Waals surface area contributed by atoms with Gasteiger partial charge in [0.05, 0.1) is 6.04 Å². The molecule has 16 heavy (non-hydrogen) atoms. The smallest absolute Gasteiger partial charge is 0.312 e. The summed E-state index contributed by atoms with van der Waals surface area (Å²) in [6, 6.07) is -0.274. The quantitative estimate of drug-likeness (QED) is 0.479. The average molecular weight is 228 g/mol. The van der Waals surface area contributed by atoms with Crippen LogP contribution in [-0.2, 0) is 4.79 Å². The van der Waals surface area contributed by atoms with Crippen LogP contribution >= 0.6 is 0 Å². The van der Waals surface area contributed by atoms with Crippen LogP contribution in [0.4, 0.5) is 4.79 Å². The van der Waals surface area contributed by atoms with E-state index in [9.17, 15) is 9.59 Å². The molecular weight excluding hydrogens is 208 g/mol. The van der Waals surface area contributed by atoms with Crippen molar-refractivity contribution in [2.24, 2.45) is 5.73 Å². The second kappa shape index (κ2) is 6.32. The Labute approximate surface area is 95.3 Å². The van der Waals surface area contributed by atoms with Crippen LogP contribution in [0.25, 0.3) is 0 Å². The largest absolute Gasteiger partial charge is 0.353 e. The van der Waals surface area contributed by atoms with Crippen LogP contribution in [0.15, 0.2) is 0 Å². The van der Waals surface area contributed by atoms with Crippen molar-refractivity contribution in [1.82, 2.24) is 16.0 Å². The van der Waals surface area contributed by atoms with Gasteiger partial charge >= 0.3 is 6.03 Å². The highest BCUT2D eigenvalue weighted by atomic mass is 16.2. The highest BCUT2D eigenvalue weighted by Crippen LogP contribution is 2.11. The van der Waals surface area contributed by atoms with E-state index < -0.39 is 6.03 Å². The van der Waals surface area contributed by atoms with E-state index in [1.54, 1.807) is 0 Å². The van der Waals surface area contributed by atoms with Crippen molar-refractivity contribution in [3.63, 3.8) is 0 Å². The maximum atomic E-state index is 11.7. The molecule has 0 aromatic heterocycles. The molecule has 1 aliphatic rings. The molecule has 2 atom stereocenters. The maximum Gasteiger partial charge on any atom is 0.312 e. The van der Waals surface area contributed by atoms with E-state index in [1.165, 1.54) is 0 Å². The molecule has 1 saturated heterocycles. The molecule has 0 bridgehead atoms. The van der Waals surface area contributed by atoms with Gasteiger partial charge in [-0.1, -0.05) is 0 Å². The van der Waals surface area contributed by atoms with Gasteiger partial charge in [-0.2, -0.15) is 0 Å². The number of amides is 3. The zero-order valence-corrected chi connectivity index (χ0v) is 9.58. The summed E-state index contributed by atoms with van der Waals surface area (Å²) >= 11 is 0. The van der Waals surface area contributed by atoms with Crippen LogP contribution in [0.1, 0.15) is 26.2 Å².